The van der Waals surface area contributed by atoms with E-state index in [1.165, 1.54) is 18.5 Å². The number of sulfonamides is 1. The van der Waals surface area contributed by atoms with E-state index in [1.54, 1.807) is 18.2 Å². The quantitative estimate of drug-likeness (QED) is 0.861. The average Bonchev–Trinajstić information content (AvgIpc) is 2.38. The molecule has 0 aliphatic rings. The SMILES string of the molecule is NC=CCNS(=O)(=O)c1nccc2ccccc12. The van der Waals surface area contributed by atoms with Crippen LogP contribution in [-0.4, -0.2) is 19.9 Å². The Hall–Kier alpha value is -1.92. The minimum atomic E-state index is -3.63. The van der Waals surface area contributed by atoms with Crippen molar-refractivity contribution < 1.29 is 8.42 Å². The van der Waals surface area contributed by atoms with Crippen molar-refractivity contribution in [1.29, 1.82) is 0 Å². The fraction of sp³-hybridized carbons (Fsp3) is 0.0833. The number of hydrogen-bond donors (Lipinski definition) is 2. The highest BCUT2D eigenvalue weighted by atomic mass is 32.2. The highest BCUT2D eigenvalue weighted by Crippen LogP contribution is 2.19. The maximum absolute atomic E-state index is 12.1. The highest BCUT2D eigenvalue weighted by molar-refractivity contribution is 7.89. The van der Waals surface area contributed by atoms with Crippen molar-refractivity contribution in [3.8, 4) is 0 Å². The molecule has 94 valence electrons. The topological polar surface area (TPSA) is 85.1 Å². The van der Waals surface area contributed by atoms with Gasteiger partial charge in [-0.15, -0.1) is 0 Å². The Kier molecular flexibility index (Phi) is 3.59. The van der Waals surface area contributed by atoms with Crippen LogP contribution in [0.5, 0.6) is 0 Å². The van der Waals surface area contributed by atoms with E-state index < -0.39 is 10.0 Å². The molecule has 0 radical (unpaired) electrons. The van der Waals surface area contributed by atoms with Crippen LogP contribution < -0.4 is 10.5 Å². The van der Waals surface area contributed by atoms with Crippen LogP contribution in [0.15, 0.2) is 53.8 Å². The van der Waals surface area contributed by atoms with Crippen LogP contribution in [0.1, 0.15) is 0 Å². The van der Waals surface area contributed by atoms with Gasteiger partial charge in [0.2, 0.25) is 0 Å². The zero-order valence-electron chi connectivity index (χ0n) is 9.58. The van der Waals surface area contributed by atoms with Crippen molar-refractivity contribution >= 4 is 20.8 Å². The summed E-state index contributed by atoms with van der Waals surface area (Å²) in [5, 5.41) is 1.47. The molecule has 2 aromatic rings. The van der Waals surface area contributed by atoms with Gasteiger partial charge in [-0.3, -0.25) is 0 Å². The largest absolute Gasteiger partial charge is 0.405 e. The third-order valence-electron chi connectivity index (χ3n) is 2.42. The van der Waals surface area contributed by atoms with Crippen molar-refractivity contribution in [1.82, 2.24) is 9.71 Å². The minimum Gasteiger partial charge on any atom is -0.405 e. The molecule has 1 aromatic carbocycles. The third-order valence-corrected chi connectivity index (χ3v) is 3.80. The molecule has 0 atom stereocenters. The molecule has 0 fully saturated rings. The van der Waals surface area contributed by atoms with E-state index in [9.17, 15) is 8.42 Å². The van der Waals surface area contributed by atoms with Crippen molar-refractivity contribution in [2.24, 2.45) is 5.73 Å². The Morgan fingerprint density at radius 2 is 2.06 bits per heavy atom. The minimum absolute atomic E-state index is 0.0334. The van der Waals surface area contributed by atoms with E-state index >= 15 is 0 Å². The molecule has 18 heavy (non-hydrogen) atoms. The molecule has 0 amide bonds. The van der Waals surface area contributed by atoms with Gasteiger partial charge in [-0.25, -0.2) is 18.1 Å². The number of nitrogens with one attached hydrogen (secondary N) is 1. The maximum atomic E-state index is 12.1. The lowest BCUT2D eigenvalue weighted by atomic mass is 10.2. The Balaban J connectivity index is 2.47. The van der Waals surface area contributed by atoms with Crippen LogP contribution in [0.2, 0.25) is 0 Å². The van der Waals surface area contributed by atoms with Crippen molar-refractivity contribution in [3.05, 3.63) is 48.8 Å². The molecule has 0 bridgehead atoms. The van der Waals surface area contributed by atoms with Crippen molar-refractivity contribution in [3.63, 3.8) is 0 Å². The highest BCUT2D eigenvalue weighted by Gasteiger charge is 2.17. The number of hydrogen-bond acceptors (Lipinski definition) is 4. The van der Waals surface area contributed by atoms with Crippen molar-refractivity contribution in [2.75, 3.05) is 6.54 Å². The van der Waals surface area contributed by atoms with Gasteiger partial charge in [0.15, 0.2) is 5.03 Å². The summed E-state index contributed by atoms with van der Waals surface area (Å²) in [7, 11) is -3.63. The summed E-state index contributed by atoms with van der Waals surface area (Å²) in [6.45, 7) is 0.143. The Labute approximate surface area is 105 Å². The number of rotatable bonds is 4. The molecule has 1 heterocycles. The maximum Gasteiger partial charge on any atom is 0.258 e. The molecule has 0 aliphatic heterocycles. The van der Waals surface area contributed by atoms with Crippen LogP contribution in [0, 0.1) is 0 Å². The van der Waals surface area contributed by atoms with Gasteiger partial charge in [0, 0.05) is 18.1 Å². The lowest BCUT2D eigenvalue weighted by molar-refractivity contribution is 0.583. The number of fused-ring (bicyclic) bond motifs is 1. The Morgan fingerprint density at radius 1 is 1.28 bits per heavy atom. The number of nitrogens with two attached hydrogens (primary N) is 1. The summed E-state index contributed by atoms with van der Waals surface area (Å²) in [5.74, 6) is 0. The zero-order valence-corrected chi connectivity index (χ0v) is 10.4. The van der Waals surface area contributed by atoms with Gasteiger partial charge in [0.05, 0.1) is 0 Å². The molecule has 0 aliphatic carbocycles. The first-order valence-corrected chi connectivity index (χ1v) is 6.83. The van der Waals surface area contributed by atoms with E-state index in [2.05, 4.69) is 9.71 Å². The molecule has 0 spiro atoms. The zero-order chi connectivity index (χ0) is 13.0. The fourth-order valence-electron chi connectivity index (χ4n) is 1.60. The molecule has 6 heteroatoms. The van der Waals surface area contributed by atoms with Crippen LogP contribution in [0.25, 0.3) is 10.8 Å². The van der Waals surface area contributed by atoms with Gasteiger partial charge in [-0.1, -0.05) is 30.3 Å². The van der Waals surface area contributed by atoms with Gasteiger partial charge < -0.3 is 5.73 Å². The molecule has 0 saturated carbocycles. The molecule has 3 N–H and O–H groups in total. The summed E-state index contributed by atoms with van der Waals surface area (Å²) in [6.07, 6.45) is 4.29. The van der Waals surface area contributed by atoms with E-state index in [0.717, 1.165) is 5.39 Å². The van der Waals surface area contributed by atoms with E-state index in [4.69, 9.17) is 5.73 Å². The Bertz CT molecular complexity index is 675. The van der Waals surface area contributed by atoms with Gasteiger partial charge >= 0.3 is 0 Å². The molecular formula is C12H13N3O2S. The summed E-state index contributed by atoms with van der Waals surface area (Å²) in [4.78, 5) is 3.95. The van der Waals surface area contributed by atoms with Gasteiger partial charge in [0.1, 0.15) is 0 Å². The second-order valence-electron chi connectivity index (χ2n) is 3.62. The first-order chi connectivity index (χ1) is 8.65. The summed E-state index contributed by atoms with van der Waals surface area (Å²) < 4.78 is 26.6. The first-order valence-electron chi connectivity index (χ1n) is 5.35. The monoisotopic (exact) mass is 263 g/mol. The summed E-state index contributed by atoms with van der Waals surface area (Å²) in [6, 6.07) is 8.98. The predicted molar refractivity (Wildman–Crippen MR) is 70.3 cm³/mol. The first kappa shape index (κ1) is 12.5. The number of aromatic nitrogens is 1. The molecule has 5 nitrogen and oxygen atoms in total. The van der Waals surface area contributed by atoms with Crippen LogP contribution in [-0.2, 0) is 10.0 Å². The van der Waals surface area contributed by atoms with E-state index in [-0.39, 0.29) is 11.6 Å². The lowest BCUT2D eigenvalue weighted by Gasteiger charge is -2.06. The number of nitrogens with zero attached hydrogens (tertiary/aromatic N) is 1. The number of pyridine rings is 1. The van der Waals surface area contributed by atoms with Gasteiger partial charge in [-0.2, -0.15) is 0 Å². The van der Waals surface area contributed by atoms with Crippen LogP contribution in [0.3, 0.4) is 0 Å². The van der Waals surface area contributed by atoms with Gasteiger partial charge in [-0.05, 0) is 17.7 Å². The van der Waals surface area contributed by atoms with Gasteiger partial charge in [0.25, 0.3) is 10.0 Å². The molecule has 0 saturated heterocycles. The fourth-order valence-corrected chi connectivity index (χ4v) is 2.73. The van der Waals surface area contributed by atoms with Crippen LogP contribution in [0.4, 0.5) is 0 Å². The normalized spacial score (nSPS) is 12.2. The molecule has 0 unspecified atom stereocenters. The second kappa shape index (κ2) is 5.16. The Morgan fingerprint density at radius 3 is 2.83 bits per heavy atom. The second-order valence-corrected chi connectivity index (χ2v) is 5.30. The van der Waals surface area contributed by atoms with Crippen molar-refractivity contribution in [2.45, 2.75) is 5.03 Å². The molecule has 2 rings (SSSR count). The molecular weight excluding hydrogens is 250 g/mol. The standard InChI is InChI=1S/C12H13N3O2S/c13-7-3-8-15-18(16,17)12-11-5-2-1-4-10(11)6-9-14-12/h1-7,9,15H,8,13H2. The smallest absolute Gasteiger partial charge is 0.258 e. The summed E-state index contributed by atoms with van der Waals surface area (Å²) in [5.41, 5.74) is 5.16. The predicted octanol–water partition coefficient (Wildman–Crippen LogP) is 0.986. The number of benzene rings is 1. The molecule has 1 aromatic heterocycles. The third kappa shape index (κ3) is 2.49. The van der Waals surface area contributed by atoms with Crippen LogP contribution >= 0.6 is 0 Å². The summed E-state index contributed by atoms with van der Waals surface area (Å²) >= 11 is 0. The van der Waals surface area contributed by atoms with E-state index in [0.29, 0.717) is 5.39 Å². The average molecular weight is 263 g/mol. The lowest BCUT2D eigenvalue weighted by Crippen LogP contribution is -2.25. The van der Waals surface area contributed by atoms with E-state index in [1.807, 2.05) is 12.1 Å².